The normalized spacial score (nSPS) is 12.0. The molecule has 1 N–H and O–H groups in total. The molecule has 0 aromatic heterocycles. The summed E-state index contributed by atoms with van der Waals surface area (Å²) in [5.74, 6) is 0.832. The number of hydrogen-bond acceptors (Lipinski definition) is 4. The minimum absolute atomic E-state index is 0.159. The van der Waals surface area contributed by atoms with Crippen LogP contribution in [0.25, 0.3) is 0 Å². The van der Waals surface area contributed by atoms with Crippen molar-refractivity contribution in [2.45, 2.75) is 12.8 Å². The second kappa shape index (κ2) is 7.98. The van der Waals surface area contributed by atoms with E-state index in [0.29, 0.717) is 11.5 Å². The van der Waals surface area contributed by atoms with Gasteiger partial charge in [-0.3, -0.25) is 4.79 Å². The van der Waals surface area contributed by atoms with Crippen molar-refractivity contribution in [2.75, 3.05) is 14.2 Å². The summed E-state index contributed by atoms with van der Waals surface area (Å²) in [6.45, 7) is 1.84. The molecule has 23 heavy (non-hydrogen) atoms. The van der Waals surface area contributed by atoms with E-state index in [1.54, 1.807) is 32.6 Å². The van der Waals surface area contributed by atoms with Crippen molar-refractivity contribution < 1.29 is 14.3 Å². The largest absolute Gasteiger partial charge is 0.493 e. The molecule has 2 aromatic rings. The Hall–Kier alpha value is -2.82. The minimum atomic E-state index is -0.265. The molecule has 2 aromatic carbocycles. The van der Waals surface area contributed by atoms with E-state index in [9.17, 15) is 4.79 Å². The molecule has 0 spiro atoms. The summed E-state index contributed by atoms with van der Waals surface area (Å²) in [5.41, 5.74) is 4.31. The number of carbonyl (C=O) groups is 1. The van der Waals surface area contributed by atoms with Gasteiger partial charge >= 0.3 is 0 Å². The van der Waals surface area contributed by atoms with Crippen molar-refractivity contribution in [2.24, 2.45) is 5.10 Å². The van der Waals surface area contributed by atoms with Crippen molar-refractivity contribution in [3.8, 4) is 11.5 Å². The number of benzene rings is 2. The van der Waals surface area contributed by atoms with Crippen LogP contribution in [0.4, 0.5) is 0 Å². The lowest BCUT2D eigenvalue weighted by Gasteiger charge is -2.09. The summed E-state index contributed by atoms with van der Waals surface area (Å²) in [6.07, 6.45) is 1.57. The number of methoxy groups -OCH3 is 2. The smallest absolute Gasteiger partial charge is 0.247 e. The van der Waals surface area contributed by atoms with Gasteiger partial charge in [-0.25, -0.2) is 5.43 Å². The molecule has 0 bridgehead atoms. The van der Waals surface area contributed by atoms with Crippen molar-refractivity contribution in [3.05, 3.63) is 59.7 Å². The van der Waals surface area contributed by atoms with Crippen LogP contribution < -0.4 is 14.9 Å². The highest BCUT2D eigenvalue weighted by molar-refractivity contribution is 5.86. The number of nitrogens with zero attached hydrogens (tertiary/aromatic N) is 1. The molecule has 0 fully saturated rings. The number of hydrazone groups is 1. The molecule has 0 radical (unpaired) electrons. The van der Waals surface area contributed by atoms with Gasteiger partial charge in [0.25, 0.3) is 0 Å². The Bertz CT molecular complexity index is 684. The molecule has 1 unspecified atom stereocenters. The second-order valence-corrected chi connectivity index (χ2v) is 4.98. The molecule has 0 saturated carbocycles. The van der Waals surface area contributed by atoms with E-state index in [4.69, 9.17) is 9.47 Å². The average Bonchev–Trinajstić information content (AvgIpc) is 2.61. The van der Waals surface area contributed by atoms with E-state index in [1.807, 2.05) is 43.3 Å². The van der Waals surface area contributed by atoms with Crippen molar-refractivity contribution in [1.29, 1.82) is 0 Å². The Morgan fingerprint density at radius 1 is 1.09 bits per heavy atom. The van der Waals surface area contributed by atoms with E-state index in [-0.39, 0.29) is 11.8 Å². The Morgan fingerprint density at radius 3 is 2.43 bits per heavy atom. The molecule has 2 rings (SSSR count). The molecule has 0 saturated heterocycles. The number of ether oxygens (including phenoxy) is 2. The van der Waals surface area contributed by atoms with Gasteiger partial charge in [0, 0.05) is 0 Å². The van der Waals surface area contributed by atoms with E-state index in [1.165, 1.54) is 0 Å². The first kappa shape index (κ1) is 16.5. The molecular weight excluding hydrogens is 292 g/mol. The third-order valence-electron chi connectivity index (χ3n) is 3.49. The van der Waals surface area contributed by atoms with Gasteiger partial charge in [-0.15, -0.1) is 0 Å². The van der Waals surface area contributed by atoms with Crippen LogP contribution in [0.5, 0.6) is 11.5 Å². The highest BCUT2D eigenvalue weighted by Gasteiger charge is 2.13. The van der Waals surface area contributed by atoms with Crippen LogP contribution in [0, 0.1) is 0 Å². The number of amides is 1. The van der Waals surface area contributed by atoms with Crippen molar-refractivity contribution in [1.82, 2.24) is 5.43 Å². The fraction of sp³-hybridized carbons (Fsp3) is 0.222. The maximum absolute atomic E-state index is 12.1. The van der Waals surface area contributed by atoms with Gasteiger partial charge in [0.15, 0.2) is 11.5 Å². The van der Waals surface area contributed by atoms with Crippen LogP contribution >= 0.6 is 0 Å². The third-order valence-corrected chi connectivity index (χ3v) is 3.49. The lowest BCUT2D eigenvalue weighted by molar-refractivity contribution is -0.122. The first-order valence-electron chi connectivity index (χ1n) is 7.25. The van der Waals surface area contributed by atoms with Gasteiger partial charge in [-0.2, -0.15) is 5.10 Å². The van der Waals surface area contributed by atoms with E-state index >= 15 is 0 Å². The summed E-state index contributed by atoms with van der Waals surface area (Å²) in [5, 5.41) is 4.00. The molecular formula is C18H20N2O3. The molecule has 5 nitrogen and oxygen atoms in total. The quantitative estimate of drug-likeness (QED) is 0.659. The summed E-state index contributed by atoms with van der Waals surface area (Å²) in [4.78, 5) is 12.1. The van der Waals surface area contributed by atoms with Crippen LogP contribution in [-0.4, -0.2) is 26.3 Å². The fourth-order valence-electron chi connectivity index (χ4n) is 2.09. The topological polar surface area (TPSA) is 59.9 Å². The monoisotopic (exact) mass is 312 g/mol. The molecule has 0 aliphatic rings. The predicted molar refractivity (Wildman–Crippen MR) is 90.1 cm³/mol. The zero-order valence-electron chi connectivity index (χ0n) is 13.4. The second-order valence-electron chi connectivity index (χ2n) is 4.98. The van der Waals surface area contributed by atoms with Crippen LogP contribution in [0.3, 0.4) is 0 Å². The van der Waals surface area contributed by atoms with Crippen LogP contribution in [0.2, 0.25) is 0 Å². The first-order valence-corrected chi connectivity index (χ1v) is 7.25. The standard InChI is InChI=1S/C18H20N2O3/c1-13(15-7-5-4-6-8-15)18(21)20-19-12-14-9-10-16(22-2)17(11-14)23-3/h4-13H,1-3H3,(H,20,21). The predicted octanol–water partition coefficient (Wildman–Crippen LogP) is 2.96. The minimum Gasteiger partial charge on any atom is -0.493 e. The summed E-state index contributed by atoms with van der Waals surface area (Å²) >= 11 is 0. The van der Waals surface area contributed by atoms with Gasteiger partial charge in [0.05, 0.1) is 26.4 Å². The highest BCUT2D eigenvalue weighted by Crippen LogP contribution is 2.26. The summed E-state index contributed by atoms with van der Waals surface area (Å²) in [6, 6.07) is 15.0. The third kappa shape index (κ3) is 4.32. The number of rotatable bonds is 6. The van der Waals surface area contributed by atoms with Gasteiger partial charge in [-0.05, 0) is 36.2 Å². The number of carbonyl (C=O) groups excluding carboxylic acids is 1. The highest BCUT2D eigenvalue weighted by atomic mass is 16.5. The van der Waals surface area contributed by atoms with Crippen LogP contribution in [-0.2, 0) is 4.79 Å². The maximum atomic E-state index is 12.1. The van der Waals surface area contributed by atoms with Crippen LogP contribution in [0.15, 0.2) is 53.6 Å². The molecule has 0 aliphatic carbocycles. The van der Waals surface area contributed by atoms with E-state index in [0.717, 1.165) is 11.1 Å². The Kier molecular flexibility index (Phi) is 5.74. The molecule has 0 heterocycles. The molecule has 0 aliphatic heterocycles. The average molecular weight is 312 g/mol. The SMILES string of the molecule is COc1ccc(C=NNC(=O)C(C)c2ccccc2)cc1OC. The lowest BCUT2D eigenvalue weighted by Crippen LogP contribution is -2.23. The van der Waals surface area contributed by atoms with Gasteiger partial charge in [0.2, 0.25) is 5.91 Å². The van der Waals surface area contributed by atoms with E-state index < -0.39 is 0 Å². The zero-order valence-corrected chi connectivity index (χ0v) is 13.4. The molecule has 120 valence electrons. The Morgan fingerprint density at radius 2 is 1.78 bits per heavy atom. The Balaban J connectivity index is 2.00. The van der Waals surface area contributed by atoms with Gasteiger partial charge < -0.3 is 9.47 Å². The van der Waals surface area contributed by atoms with Crippen LogP contribution in [0.1, 0.15) is 24.0 Å². The lowest BCUT2D eigenvalue weighted by atomic mass is 10.0. The van der Waals surface area contributed by atoms with Gasteiger partial charge in [-0.1, -0.05) is 30.3 Å². The first-order chi connectivity index (χ1) is 11.2. The van der Waals surface area contributed by atoms with Crippen molar-refractivity contribution >= 4 is 12.1 Å². The summed E-state index contributed by atoms with van der Waals surface area (Å²) < 4.78 is 10.4. The zero-order chi connectivity index (χ0) is 16.7. The fourth-order valence-corrected chi connectivity index (χ4v) is 2.09. The molecule has 1 atom stereocenters. The maximum Gasteiger partial charge on any atom is 0.247 e. The number of nitrogens with one attached hydrogen (secondary N) is 1. The molecule has 5 heteroatoms. The Labute approximate surface area is 135 Å². The number of hydrogen-bond donors (Lipinski definition) is 1. The van der Waals surface area contributed by atoms with Crippen molar-refractivity contribution in [3.63, 3.8) is 0 Å². The van der Waals surface area contributed by atoms with E-state index in [2.05, 4.69) is 10.5 Å². The summed E-state index contributed by atoms with van der Waals surface area (Å²) in [7, 11) is 3.15. The van der Waals surface area contributed by atoms with Gasteiger partial charge in [0.1, 0.15) is 0 Å². The molecule has 1 amide bonds.